The van der Waals surface area contributed by atoms with Gasteiger partial charge in [-0.2, -0.15) is 0 Å². The van der Waals surface area contributed by atoms with E-state index in [1.807, 2.05) is 13.8 Å². The molecule has 1 saturated heterocycles. The van der Waals surface area contributed by atoms with Crippen LogP contribution in [0.4, 0.5) is 0 Å². The molecule has 1 heterocycles. The van der Waals surface area contributed by atoms with Gasteiger partial charge in [-0.1, -0.05) is 13.8 Å². The fraction of sp³-hybridized carbons (Fsp3) is 0.923. The lowest BCUT2D eigenvalue weighted by atomic mass is 10.0. The Bertz CT molecular complexity index is 288. The molecule has 4 nitrogen and oxygen atoms in total. The van der Waals surface area contributed by atoms with E-state index in [-0.39, 0.29) is 17.9 Å². The number of carbonyl (C=O) groups excluding carboxylic acids is 1. The van der Waals surface area contributed by atoms with Crippen molar-refractivity contribution in [1.82, 2.24) is 9.80 Å². The first-order valence-corrected chi connectivity index (χ1v) is 6.77. The molecule has 0 spiro atoms. The van der Waals surface area contributed by atoms with Crippen molar-refractivity contribution in [2.75, 3.05) is 20.1 Å². The van der Waals surface area contributed by atoms with Gasteiger partial charge in [-0.15, -0.1) is 0 Å². The van der Waals surface area contributed by atoms with Gasteiger partial charge in [0, 0.05) is 18.6 Å². The third-order valence-electron chi connectivity index (χ3n) is 3.96. The molecule has 0 aromatic heterocycles. The molecule has 1 aliphatic carbocycles. The molecule has 1 amide bonds. The lowest BCUT2D eigenvalue weighted by Crippen LogP contribution is -2.52. The van der Waals surface area contributed by atoms with E-state index in [1.165, 1.54) is 0 Å². The van der Waals surface area contributed by atoms with E-state index in [1.54, 1.807) is 0 Å². The van der Waals surface area contributed by atoms with Crippen LogP contribution in [-0.4, -0.2) is 54.0 Å². The fourth-order valence-electron chi connectivity index (χ4n) is 2.61. The smallest absolute Gasteiger partial charge is 0.240 e. The summed E-state index contributed by atoms with van der Waals surface area (Å²) in [6.07, 6.45) is 3.43. The van der Waals surface area contributed by atoms with Crippen LogP contribution >= 0.6 is 0 Å². The molecule has 2 N–H and O–H groups in total. The van der Waals surface area contributed by atoms with Crippen LogP contribution in [0.15, 0.2) is 0 Å². The van der Waals surface area contributed by atoms with Crippen LogP contribution in [0.5, 0.6) is 0 Å². The molecule has 98 valence electrons. The predicted molar refractivity (Wildman–Crippen MR) is 68.6 cm³/mol. The number of nitrogens with two attached hydrogens (primary N) is 1. The number of nitrogens with zero attached hydrogens (tertiary/aromatic N) is 2. The number of rotatable bonds is 4. The standard InChI is InChI=1S/C13H25N3O/c1-9(2)12(14)13(17)16(10-4-5-10)11-6-7-15(3)8-11/h9-12H,4-8,14H2,1-3H3. The molecule has 0 bridgehead atoms. The van der Waals surface area contributed by atoms with E-state index in [2.05, 4.69) is 16.8 Å². The lowest BCUT2D eigenvalue weighted by Gasteiger charge is -2.32. The number of likely N-dealkylation sites (tertiary alicyclic amines) is 1. The van der Waals surface area contributed by atoms with E-state index < -0.39 is 0 Å². The van der Waals surface area contributed by atoms with Gasteiger partial charge in [0.2, 0.25) is 5.91 Å². The molecule has 4 heteroatoms. The molecule has 0 aromatic carbocycles. The minimum absolute atomic E-state index is 0.169. The molecule has 2 fully saturated rings. The van der Waals surface area contributed by atoms with Gasteiger partial charge in [0.25, 0.3) is 0 Å². The maximum absolute atomic E-state index is 12.4. The van der Waals surface area contributed by atoms with Gasteiger partial charge in [0.05, 0.1) is 6.04 Å². The Morgan fingerprint density at radius 3 is 2.35 bits per heavy atom. The van der Waals surface area contributed by atoms with Gasteiger partial charge < -0.3 is 15.5 Å². The summed E-state index contributed by atoms with van der Waals surface area (Å²) in [5.74, 6) is 0.394. The van der Waals surface area contributed by atoms with Crippen molar-refractivity contribution in [1.29, 1.82) is 0 Å². The van der Waals surface area contributed by atoms with Crippen molar-refractivity contribution in [3.05, 3.63) is 0 Å². The zero-order valence-electron chi connectivity index (χ0n) is 11.2. The van der Waals surface area contributed by atoms with Gasteiger partial charge in [-0.3, -0.25) is 4.79 Å². The Morgan fingerprint density at radius 2 is 1.94 bits per heavy atom. The van der Waals surface area contributed by atoms with Crippen molar-refractivity contribution in [2.45, 2.75) is 51.2 Å². The van der Waals surface area contributed by atoms with Gasteiger partial charge in [0.15, 0.2) is 0 Å². The highest BCUT2D eigenvalue weighted by Crippen LogP contribution is 2.32. The van der Waals surface area contributed by atoms with Crippen LogP contribution in [-0.2, 0) is 4.79 Å². The van der Waals surface area contributed by atoms with Crippen LogP contribution < -0.4 is 5.73 Å². The summed E-state index contributed by atoms with van der Waals surface area (Å²) in [4.78, 5) is 16.8. The Kier molecular flexibility index (Phi) is 3.73. The van der Waals surface area contributed by atoms with Crippen LogP contribution in [0.2, 0.25) is 0 Å². The van der Waals surface area contributed by atoms with E-state index in [0.717, 1.165) is 32.4 Å². The van der Waals surface area contributed by atoms with Gasteiger partial charge in [-0.05, 0) is 38.8 Å². The van der Waals surface area contributed by atoms with Crippen molar-refractivity contribution in [3.63, 3.8) is 0 Å². The number of hydrogen-bond acceptors (Lipinski definition) is 3. The molecule has 2 unspecified atom stereocenters. The monoisotopic (exact) mass is 239 g/mol. The van der Waals surface area contributed by atoms with E-state index in [4.69, 9.17) is 5.73 Å². The first kappa shape index (κ1) is 12.8. The molecule has 0 aromatic rings. The maximum Gasteiger partial charge on any atom is 0.240 e. The summed E-state index contributed by atoms with van der Waals surface area (Å²) in [7, 11) is 2.12. The average molecular weight is 239 g/mol. The Morgan fingerprint density at radius 1 is 1.29 bits per heavy atom. The second-order valence-electron chi connectivity index (χ2n) is 5.95. The predicted octanol–water partition coefficient (Wildman–Crippen LogP) is 0.665. The van der Waals surface area contributed by atoms with Crippen molar-refractivity contribution >= 4 is 5.91 Å². The highest BCUT2D eigenvalue weighted by Gasteiger charge is 2.41. The quantitative estimate of drug-likeness (QED) is 0.784. The summed E-state index contributed by atoms with van der Waals surface area (Å²) in [5, 5.41) is 0. The summed E-state index contributed by atoms with van der Waals surface area (Å²) in [6.45, 7) is 6.15. The maximum atomic E-state index is 12.4. The van der Waals surface area contributed by atoms with Crippen molar-refractivity contribution in [2.24, 2.45) is 11.7 Å². The first-order valence-electron chi connectivity index (χ1n) is 6.77. The van der Waals surface area contributed by atoms with Gasteiger partial charge in [-0.25, -0.2) is 0 Å². The zero-order valence-corrected chi connectivity index (χ0v) is 11.2. The summed E-state index contributed by atoms with van der Waals surface area (Å²) < 4.78 is 0. The normalized spacial score (nSPS) is 27.5. The topological polar surface area (TPSA) is 49.6 Å². The van der Waals surface area contributed by atoms with Gasteiger partial charge in [0.1, 0.15) is 0 Å². The summed E-state index contributed by atoms with van der Waals surface area (Å²) >= 11 is 0. The third kappa shape index (κ3) is 2.80. The molecular formula is C13H25N3O. The molecular weight excluding hydrogens is 214 g/mol. The number of hydrogen-bond donors (Lipinski definition) is 1. The largest absolute Gasteiger partial charge is 0.334 e. The van der Waals surface area contributed by atoms with Crippen LogP contribution in [0.25, 0.3) is 0 Å². The summed E-state index contributed by atoms with van der Waals surface area (Å²) in [6, 6.07) is 0.537. The lowest BCUT2D eigenvalue weighted by molar-refractivity contribution is -0.136. The minimum Gasteiger partial charge on any atom is -0.334 e. The fourth-order valence-corrected chi connectivity index (χ4v) is 2.61. The average Bonchev–Trinajstić information content (AvgIpc) is 3.01. The van der Waals surface area contributed by atoms with Crippen LogP contribution in [0, 0.1) is 5.92 Å². The Labute approximate surface area is 104 Å². The number of carbonyl (C=O) groups is 1. The van der Waals surface area contributed by atoms with E-state index >= 15 is 0 Å². The molecule has 2 rings (SSSR count). The van der Waals surface area contributed by atoms with E-state index in [0.29, 0.717) is 12.1 Å². The molecule has 1 aliphatic heterocycles. The molecule has 2 aliphatic rings. The highest BCUT2D eigenvalue weighted by molar-refractivity contribution is 5.83. The molecule has 17 heavy (non-hydrogen) atoms. The van der Waals surface area contributed by atoms with Crippen LogP contribution in [0.1, 0.15) is 33.1 Å². The molecule has 1 saturated carbocycles. The number of amides is 1. The Hall–Kier alpha value is -0.610. The second-order valence-corrected chi connectivity index (χ2v) is 5.95. The SMILES string of the molecule is CC(C)C(N)C(=O)N(C1CC1)C1CCN(C)C1. The second kappa shape index (κ2) is 4.94. The van der Waals surface area contributed by atoms with Gasteiger partial charge >= 0.3 is 0 Å². The zero-order chi connectivity index (χ0) is 12.6. The van der Waals surface area contributed by atoms with E-state index in [9.17, 15) is 4.79 Å². The van der Waals surface area contributed by atoms with Crippen molar-refractivity contribution in [3.8, 4) is 0 Å². The van der Waals surface area contributed by atoms with Crippen LogP contribution in [0.3, 0.4) is 0 Å². The third-order valence-corrected chi connectivity index (χ3v) is 3.96. The minimum atomic E-state index is -0.332. The highest BCUT2D eigenvalue weighted by atomic mass is 16.2. The first-order chi connectivity index (χ1) is 8.00. The molecule has 2 atom stereocenters. The number of likely N-dealkylation sites (N-methyl/N-ethyl adjacent to an activating group) is 1. The molecule has 0 radical (unpaired) electrons. The Balaban J connectivity index is 2.04. The summed E-state index contributed by atoms with van der Waals surface area (Å²) in [5.41, 5.74) is 6.02. The van der Waals surface area contributed by atoms with Crippen molar-refractivity contribution < 1.29 is 4.79 Å².